The molecule has 184 valence electrons. The zero-order valence-electron chi connectivity index (χ0n) is 18.7. The number of ether oxygens (including phenoxy) is 1. The number of hydrogen-bond donors (Lipinski definition) is 0. The zero-order valence-corrected chi connectivity index (χ0v) is 21.1. The van der Waals surface area contributed by atoms with Crippen LogP contribution in [-0.2, 0) is 24.3 Å². The molecule has 1 saturated heterocycles. The number of benzene rings is 1. The van der Waals surface area contributed by atoms with Crippen molar-refractivity contribution >= 4 is 50.5 Å². The Morgan fingerprint density at radius 3 is 2.46 bits per heavy atom. The summed E-state index contributed by atoms with van der Waals surface area (Å²) in [6.07, 6.45) is 2.42. The number of nitrogens with zero attached hydrogens (tertiary/aromatic N) is 3. The van der Waals surface area contributed by atoms with Crippen LogP contribution in [0.25, 0.3) is 5.69 Å². The summed E-state index contributed by atoms with van der Waals surface area (Å²) in [6, 6.07) is 13.4. The molecular weight excluding hydrogens is 514 g/mol. The number of anilines is 1. The number of sulfonamides is 1. The van der Waals surface area contributed by atoms with Crippen molar-refractivity contribution in [1.29, 1.82) is 0 Å². The van der Waals surface area contributed by atoms with Crippen LogP contribution in [0.4, 0.5) is 5.69 Å². The van der Waals surface area contributed by atoms with Gasteiger partial charge in [0.2, 0.25) is 5.91 Å². The average molecular weight is 536 g/mol. The van der Waals surface area contributed by atoms with Gasteiger partial charge in [0, 0.05) is 30.2 Å². The molecule has 4 rings (SSSR count). The van der Waals surface area contributed by atoms with Crippen LogP contribution >= 0.6 is 22.9 Å². The average Bonchev–Trinajstić information content (AvgIpc) is 3.30. The van der Waals surface area contributed by atoms with Crippen LogP contribution in [0, 0.1) is 0 Å². The third-order valence-electron chi connectivity index (χ3n) is 5.64. The molecule has 0 spiro atoms. The van der Waals surface area contributed by atoms with Gasteiger partial charge < -0.3 is 9.64 Å². The molecule has 0 saturated carbocycles. The lowest BCUT2D eigenvalue weighted by molar-refractivity contribution is -0.141. The number of esters is 1. The number of piperidine rings is 1. The fourth-order valence-electron chi connectivity index (χ4n) is 3.92. The Kier molecular flexibility index (Phi) is 7.41. The highest BCUT2D eigenvalue weighted by Gasteiger charge is 2.42. The quantitative estimate of drug-likeness (QED) is 0.431. The van der Waals surface area contributed by atoms with Crippen LogP contribution in [0.15, 0.2) is 69.8 Å². The number of thiophene rings is 1. The van der Waals surface area contributed by atoms with Gasteiger partial charge in [0.25, 0.3) is 15.6 Å². The van der Waals surface area contributed by atoms with Crippen LogP contribution in [0.5, 0.6) is 0 Å². The zero-order chi connectivity index (χ0) is 25.2. The molecule has 9 nitrogen and oxygen atoms in total. The lowest BCUT2D eigenvalue weighted by atomic mass is 10.0. The summed E-state index contributed by atoms with van der Waals surface area (Å²) in [7, 11) is -3.03. The molecule has 3 heterocycles. The second kappa shape index (κ2) is 10.3. The fourth-order valence-corrected chi connectivity index (χ4v) is 7.09. The summed E-state index contributed by atoms with van der Waals surface area (Å²) in [5.74, 6) is -1.23. The third-order valence-corrected chi connectivity index (χ3v) is 9.20. The van der Waals surface area contributed by atoms with Crippen LogP contribution < -0.4 is 10.5 Å². The smallest absolute Gasteiger partial charge is 0.321 e. The maximum Gasteiger partial charge on any atom is 0.321 e. The molecule has 3 aromatic rings. The number of pyridine rings is 1. The summed E-state index contributed by atoms with van der Waals surface area (Å²) in [4.78, 5) is 39.2. The lowest BCUT2D eigenvalue weighted by Crippen LogP contribution is -2.55. The molecule has 1 fully saturated rings. The van der Waals surface area contributed by atoms with Gasteiger partial charge in [-0.1, -0.05) is 17.7 Å². The topological polar surface area (TPSA) is 106 Å². The van der Waals surface area contributed by atoms with E-state index < -0.39 is 34.5 Å². The van der Waals surface area contributed by atoms with Gasteiger partial charge in [0.05, 0.1) is 11.4 Å². The van der Waals surface area contributed by atoms with Crippen molar-refractivity contribution < 1.29 is 22.7 Å². The van der Waals surface area contributed by atoms with Crippen molar-refractivity contribution in [3.63, 3.8) is 0 Å². The molecule has 1 atom stereocenters. The van der Waals surface area contributed by atoms with E-state index >= 15 is 0 Å². The minimum Gasteiger partial charge on any atom is -0.468 e. The monoisotopic (exact) mass is 535 g/mol. The first-order valence-corrected chi connectivity index (χ1v) is 13.3. The van der Waals surface area contributed by atoms with Crippen LogP contribution in [0.3, 0.4) is 0 Å². The number of hydrogen-bond acceptors (Lipinski definition) is 7. The van der Waals surface area contributed by atoms with Crippen molar-refractivity contribution in [3.05, 3.63) is 75.5 Å². The number of carbonyl (C=O) groups is 2. The van der Waals surface area contributed by atoms with Crippen molar-refractivity contribution in [2.45, 2.75) is 23.1 Å². The van der Waals surface area contributed by atoms with Crippen molar-refractivity contribution in [3.8, 4) is 5.69 Å². The van der Waals surface area contributed by atoms with E-state index in [0.717, 1.165) is 22.8 Å². The summed E-state index contributed by atoms with van der Waals surface area (Å²) in [6.45, 7) is -0.217. The Balaban J connectivity index is 1.64. The van der Waals surface area contributed by atoms with Crippen molar-refractivity contribution in [2.75, 3.05) is 25.1 Å². The van der Waals surface area contributed by atoms with Gasteiger partial charge in [-0.2, -0.15) is 4.31 Å². The molecule has 0 aliphatic carbocycles. The van der Waals surface area contributed by atoms with Gasteiger partial charge in [0.15, 0.2) is 0 Å². The fraction of sp³-hybridized carbons (Fsp3) is 0.261. The van der Waals surface area contributed by atoms with Crippen LogP contribution in [0.1, 0.15) is 12.8 Å². The van der Waals surface area contributed by atoms with E-state index in [1.54, 1.807) is 42.6 Å². The van der Waals surface area contributed by atoms with Crippen molar-refractivity contribution in [1.82, 2.24) is 8.87 Å². The molecule has 35 heavy (non-hydrogen) atoms. The minimum atomic E-state index is -4.19. The highest BCUT2D eigenvalue weighted by Crippen LogP contribution is 2.32. The maximum atomic E-state index is 13.5. The van der Waals surface area contributed by atoms with E-state index in [9.17, 15) is 22.8 Å². The maximum absolute atomic E-state index is 13.5. The van der Waals surface area contributed by atoms with E-state index in [0.29, 0.717) is 24.3 Å². The molecule has 1 aliphatic heterocycles. The van der Waals surface area contributed by atoms with E-state index in [-0.39, 0.29) is 20.5 Å². The number of rotatable bonds is 7. The number of aromatic nitrogens is 1. The SMILES string of the molecule is COC(=O)CN(C1CCCN(c2ccc(-n3ccccc3=O)cc2)C1=O)S(=O)(=O)c1ccc(Cl)s1. The highest BCUT2D eigenvalue weighted by molar-refractivity contribution is 7.91. The first kappa shape index (κ1) is 25.1. The molecule has 2 aromatic heterocycles. The predicted octanol–water partition coefficient (Wildman–Crippen LogP) is 2.91. The molecule has 1 amide bonds. The summed E-state index contributed by atoms with van der Waals surface area (Å²) in [5.41, 5.74) is 0.999. The molecule has 0 bridgehead atoms. The lowest BCUT2D eigenvalue weighted by Gasteiger charge is -2.37. The number of amides is 1. The molecular formula is C23H22ClN3O6S2. The van der Waals surface area contributed by atoms with Gasteiger partial charge in [-0.05, 0) is 55.3 Å². The minimum absolute atomic E-state index is 0.0611. The van der Waals surface area contributed by atoms with Gasteiger partial charge in [-0.3, -0.25) is 19.0 Å². The highest BCUT2D eigenvalue weighted by atomic mass is 35.5. The summed E-state index contributed by atoms with van der Waals surface area (Å²) in [5, 5.41) is 0. The summed E-state index contributed by atoms with van der Waals surface area (Å²) < 4.78 is 34.1. The van der Waals surface area contributed by atoms with E-state index in [4.69, 9.17) is 16.3 Å². The molecule has 1 aromatic carbocycles. The second-order valence-electron chi connectivity index (χ2n) is 7.76. The Hall–Kier alpha value is -2.99. The largest absolute Gasteiger partial charge is 0.468 e. The molecule has 0 N–H and O–H groups in total. The normalized spacial score (nSPS) is 16.5. The Morgan fingerprint density at radius 2 is 1.83 bits per heavy atom. The van der Waals surface area contributed by atoms with E-state index in [1.807, 2.05) is 0 Å². The van der Waals surface area contributed by atoms with Gasteiger partial charge >= 0.3 is 5.97 Å². The Bertz CT molecular complexity index is 1400. The molecule has 0 radical (unpaired) electrons. The molecule has 12 heteroatoms. The van der Waals surface area contributed by atoms with Crippen molar-refractivity contribution in [2.24, 2.45) is 0 Å². The number of halogens is 1. The van der Waals surface area contributed by atoms with Gasteiger partial charge in [0.1, 0.15) is 16.8 Å². The Labute approximate surface area is 211 Å². The van der Waals surface area contributed by atoms with Crippen LogP contribution in [-0.4, -0.2) is 55.4 Å². The van der Waals surface area contributed by atoms with E-state index in [1.165, 1.54) is 27.7 Å². The van der Waals surface area contributed by atoms with Crippen LogP contribution in [0.2, 0.25) is 4.34 Å². The molecule has 1 aliphatic rings. The van der Waals surface area contributed by atoms with Gasteiger partial charge in [-0.15, -0.1) is 11.3 Å². The first-order valence-electron chi connectivity index (χ1n) is 10.7. The first-order chi connectivity index (χ1) is 16.7. The standard InChI is InChI=1S/C23H22ClN3O6S2/c1-33-21(29)15-27(35(31,32)22-12-11-19(24)34-22)18-5-4-14-26(23(18)30)17-9-7-16(8-10-17)25-13-3-2-6-20(25)28/h2-3,6-13,18H,4-5,14-15H2,1H3. The predicted molar refractivity (Wildman–Crippen MR) is 133 cm³/mol. The Morgan fingerprint density at radius 1 is 1.11 bits per heavy atom. The van der Waals surface area contributed by atoms with Gasteiger partial charge in [-0.25, -0.2) is 8.42 Å². The second-order valence-corrected chi connectivity index (χ2v) is 11.6. The summed E-state index contributed by atoms with van der Waals surface area (Å²) >= 11 is 6.79. The molecule has 1 unspecified atom stereocenters. The third kappa shape index (κ3) is 5.18. The van der Waals surface area contributed by atoms with E-state index in [2.05, 4.69) is 0 Å². The number of methoxy groups -OCH3 is 1. The number of carbonyl (C=O) groups excluding carboxylic acids is 2.